The Morgan fingerprint density at radius 1 is 1.26 bits per heavy atom. The lowest BCUT2D eigenvalue weighted by atomic mass is 9.77. The second kappa shape index (κ2) is 6.45. The van der Waals surface area contributed by atoms with Gasteiger partial charge in [-0.05, 0) is 50.9 Å². The maximum Gasteiger partial charge on any atom is 0.491 e. The van der Waals surface area contributed by atoms with Crippen LogP contribution in [-0.2, 0) is 9.31 Å². The fourth-order valence-electron chi connectivity index (χ4n) is 2.28. The smallest absolute Gasteiger partial charge is 0.400 e. The monoisotopic (exact) mass is 317 g/mol. The van der Waals surface area contributed by atoms with Gasteiger partial charge in [0.2, 0.25) is 0 Å². The molecule has 5 N–H and O–H groups in total. The quantitative estimate of drug-likeness (QED) is 0.336. The summed E-state index contributed by atoms with van der Waals surface area (Å²) in [6.07, 6.45) is 1.88. The van der Waals surface area contributed by atoms with Crippen molar-refractivity contribution in [3.05, 3.63) is 40.9 Å². The van der Waals surface area contributed by atoms with E-state index in [-0.39, 0.29) is 5.91 Å². The van der Waals surface area contributed by atoms with Crippen LogP contribution < -0.4 is 17.0 Å². The van der Waals surface area contributed by atoms with Crippen LogP contribution >= 0.6 is 0 Å². The first kappa shape index (κ1) is 17.7. The zero-order valence-electron chi connectivity index (χ0n) is 14.1. The van der Waals surface area contributed by atoms with Gasteiger partial charge < -0.3 is 15.0 Å². The maximum atomic E-state index is 11.6. The predicted molar refractivity (Wildman–Crippen MR) is 91.2 cm³/mol. The van der Waals surface area contributed by atoms with E-state index in [1.54, 1.807) is 18.2 Å². The highest BCUT2D eigenvalue weighted by Crippen LogP contribution is 2.38. The number of amides is 1. The first-order chi connectivity index (χ1) is 10.7. The Bertz CT molecular complexity index is 613. The Hall–Kier alpha value is -1.67. The van der Waals surface area contributed by atoms with Gasteiger partial charge in [0.15, 0.2) is 0 Å². The molecule has 7 heteroatoms. The van der Waals surface area contributed by atoms with E-state index in [1.807, 2.05) is 39.8 Å². The molecule has 1 aromatic rings. The van der Waals surface area contributed by atoms with E-state index >= 15 is 0 Å². The van der Waals surface area contributed by atoms with Crippen molar-refractivity contribution in [2.75, 3.05) is 6.54 Å². The molecule has 0 spiro atoms. The van der Waals surface area contributed by atoms with Crippen molar-refractivity contribution in [3.8, 4) is 0 Å². The lowest BCUT2D eigenvalue weighted by molar-refractivity contribution is 0.00578. The van der Waals surface area contributed by atoms with E-state index in [2.05, 4.69) is 5.43 Å². The second-order valence-electron chi connectivity index (χ2n) is 6.61. The number of hydrazine groups is 1. The Morgan fingerprint density at radius 2 is 1.87 bits per heavy atom. The van der Waals surface area contributed by atoms with E-state index in [4.69, 9.17) is 20.9 Å². The predicted octanol–water partition coefficient (Wildman–Crippen LogP) is 1.26. The molecule has 124 valence electrons. The summed E-state index contributed by atoms with van der Waals surface area (Å²) in [5.74, 6) is 4.82. The Labute approximate surface area is 137 Å². The molecule has 0 radical (unpaired) electrons. The highest BCUT2D eigenvalue weighted by Gasteiger charge is 2.52. The third-order valence-corrected chi connectivity index (χ3v) is 4.42. The standard InChI is InChI=1S/C16H24BN3O3/c1-15(2)16(3,4)23-17(22-15)13(10-18)9-11-6-5-7-12(8-11)14(21)20-19/h5-9H,10,18-19H2,1-4H3,(H,20,21). The third kappa shape index (κ3) is 3.64. The molecule has 1 heterocycles. The van der Waals surface area contributed by atoms with Crippen molar-refractivity contribution in [2.24, 2.45) is 11.6 Å². The Kier molecular flexibility index (Phi) is 4.96. The van der Waals surface area contributed by atoms with Crippen LogP contribution in [0, 0.1) is 0 Å². The van der Waals surface area contributed by atoms with Crippen molar-refractivity contribution >= 4 is 19.1 Å². The molecule has 1 aromatic carbocycles. The normalized spacial score (nSPS) is 19.7. The van der Waals surface area contributed by atoms with Crippen LogP contribution in [0.3, 0.4) is 0 Å². The Balaban J connectivity index is 2.28. The molecule has 1 aliphatic rings. The number of carbonyl (C=O) groups excluding carboxylic acids is 1. The second-order valence-corrected chi connectivity index (χ2v) is 6.61. The van der Waals surface area contributed by atoms with Crippen LogP contribution in [0.2, 0.25) is 0 Å². The van der Waals surface area contributed by atoms with E-state index in [1.165, 1.54) is 0 Å². The summed E-state index contributed by atoms with van der Waals surface area (Å²) in [6.45, 7) is 8.27. The van der Waals surface area contributed by atoms with Gasteiger partial charge in [0.1, 0.15) is 0 Å². The van der Waals surface area contributed by atoms with Gasteiger partial charge in [0.25, 0.3) is 5.91 Å². The zero-order valence-corrected chi connectivity index (χ0v) is 14.1. The van der Waals surface area contributed by atoms with E-state index < -0.39 is 18.3 Å². The lowest BCUT2D eigenvalue weighted by Crippen LogP contribution is -2.41. The molecule has 0 bridgehead atoms. The number of rotatable bonds is 4. The molecule has 0 atom stereocenters. The van der Waals surface area contributed by atoms with Crippen molar-refractivity contribution in [1.82, 2.24) is 5.43 Å². The molecule has 1 fully saturated rings. The SMILES string of the molecule is CC1(C)OB(C(=Cc2cccc(C(=O)NN)c2)CN)OC1(C)C. The molecule has 23 heavy (non-hydrogen) atoms. The van der Waals surface area contributed by atoms with Gasteiger partial charge >= 0.3 is 7.12 Å². The zero-order chi connectivity index (χ0) is 17.3. The van der Waals surface area contributed by atoms with Crippen molar-refractivity contribution in [2.45, 2.75) is 38.9 Å². The molecule has 1 saturated heterocycles. The lowest BCUT2D eigenvalue weighted by Gasteiger charge is -2.32. The van der Waals surface area contributed by atoms with E-state index in [0.29, 0.717) is 12.1 Å². The van der Waals surface area contributed by atoms with E-state index in [9.17, 15) is 4.79 Å². The minimum atomic E-state index is -0.503. The molecule has 0 saturated carbocycles. The number of nitrogens with one attached hydrogen (secondary N) is 1. The summed E-state index contributed by atoms with van der Waals surface area (Å²) in [6, 6.07) is 7.10. The average Bonchev–Trinajstić information content (AvgIpc) is 2.72. The van der Waals surface area contributed by atoms with Crippen LogP contribution in [0.5, 0.6) is 0 Å². The van der Waals surface area contributed by atoms with Gasteiger partial charge in [0.05, 0.1) is 11.2 Å². The highest BCUT2D eigenvalue weighted by molar-refractivity contribution is 6.55. The first-order valence-corrected chi connectivity index (χ1v) is 7.57. The topological polar surface area (TPSA) is 99.6 Å². The van der Waals surface area contributed by atoms with Gasteiger partial charge in [0, 0.05) is 12.1 Å². The third-order valence-electron chi connectivity index (χ3n) is 4.42. The van der Waals surface area contributed by atoms with Crippen molar-refractivity contribution in [3.63, 3.8) is 0 Å². The highest BCUT2D eigenvalue weighted by atomic mass is 16.7. The molecular weight excluding hydrogens is 293 g/mol. The van der Waals surface area contributed by atoms with Crippen LogP contribution in [0.25, 0.3) is 6.08 Å². The van der Waals surface area contributed by atoms with Gasteiger partial charge in [-0.2, -0.15) is 0 Å². The minimum Gasteiger partial charge on any atom is -0.400 e. The van der Waals surface area contributed by atoms with E-state index in [0.717, 1.165) is 11.0 Å². The van der Waals surface area contributed by atoms with Crippen LogP contribution in [0.4, 0.5) is 0 Å². The van der Waals surface area contributed by atoms with Gasteiger partial charge in [-0.25, -0.2) is 5.84 Å². The summed E-state index contributed by atoms with van der Waals surface area (Å²) < 4.78 is 12.0. The number of hydrogen-bond acceptors (Lipinski definition) is 5. The molecular formula is C16H24BN3O3. The number of nitrogens with two attached hydrogens (primary N) is 2. The number of nitrogen functional groups attached to an aromatic ring is 1. The van der Waals surface area contributed by atoms with Gasteiger partial charge in [-0.15, -0.1) is 0 Å². The summed E-state index contributed by atoms with van der Waals surface area (Å²) in [4.78, 5) is 11.6. The summed E-state index contributed by atoms with van der Waals surface area (Å²) in [5.41, 5.74) is 9.27. The van der Waals surface area contributed by atoms with Crippen molar-refractivity contribution in [1.29, 1.82) is 0 Å². The summed E-state index contributed by atoms with van der Waals surface area (Å²) in [7, 11) is -0.503. The molecule has 1 aliphatic heterocycles. The molecule has 0 aromatic heterocycles. The minimum absolute atomic E-state index is 0.296. The molecule has 1 amide bonds. The first-order valence-electron chi connectivity index (χ1n) is 7.57. The molecule has 6 nitrogen and oxygen atoms in total. The molecule has 0 aliphatic carbocycles. The van der Waals surface area contributed by atoms with Crippen LogP contribution in [-0.4, -0.2) is 30.8 Å². The maximum absolute atomic E-state index is 11.6. The number of carbonyl (C=O) groups is 1. The average molecular weight is 317 g/mol. The van der Waals surface area contributed by atoms with Gasteiger partial charge in [-0.3, -0.25) is 10.2 Å². The largest absolute Gasteiger partial charge is 0.491 e. The van der Waals surface area contributed by atoms with Crippen LogP contribution in [0.1, 0.15) is 43.6 Å². The fraction of sp³-hybridized carbons (Fsp3) is 0.438. The van der Waals surface area contributed by atoms with Crippen molar-refractivity contribution < 1.29 is 14.1 Å². The summed E-state index contributed by atoms with van der Waals surface area (Å²) in [5, 5.41) is 0. The number of hydrogen-bond donors (Lipinski definition) is 3. The van der Waals surface area contributed by atoms with Crippen LogP contribution in [0.15, 0.2) is 29.7 Å². The molecule has 2 rings (SSSR count). The Morgan fingerprint density at radius 3 is 2.39 bits per heavy atom. The molecule has 0 unspecified atom stereocenters. The van der Waals surface area contributed by atoms with Gasteiger partial charge in [-0.1, -0.05) is 18.2 Å². The summed E-state index contributed by atoms with van der Waals surface area (Å²) >= 11 is 0. The number of benzene rings is 1. The fourth-order valence-corrected chi connectivity index (χ4v) is 2.28.